The summed E-state index contributed by atoms with van der Waals surface area (Å²) < 4.78 is 1.03. The third kappa shape index (κ3) is 2.46. The molecule has 0 bridgehead atoms. The predicted octanol–water partition coefficient (Wildman–Crippen LogP) is 3.74. The van der Waals surface area contributed by atoms with E-state index in [-0.39, 0.29) is 11.8 Å². The second kappa shape index (κ2) is 4.58. The van der Waals surface area contributed by atoms with Crippen molar-refractivity contribution < 1.29 is 4.79 Å². The van der Waals surface area contributed by atoms with E-state index in [9.17, 15) is 4.79 Å². The smallest absolute Gasteiger partial charge is 0.227 e. The Morgan fingerprint density at radius 3 is 2.81 bits per heavy atom. The number of rotatable bonds is 3. The van der Waals surface area contributed by atoms with Gasteiger partial charge in [0, 0.05) is 16.1 Å². The Bertz CT molecular complexity index is 412. The minimum atomic E-state index is 0.137. The molecule has 2 nitrogen and oxygen atoms in total. The van der Waals surface area contributed by atoms with Crippen LogP contribution in [0.5, 0.6) is 0 Å². The van der Waals surface area contributed by atoms with Crippen LogP contribution in [0.15, 0.2) is 22.7 Å². The van der Waals surface area contributed by atoms with Crippen LogP contribution in [0.4, 0.5) is 5.69 Å². The van der Waals surface area contributed by atoms with Crippen LogP contribution < -0.4 is 5.32 Å². The van der Waals surface area contributed by atoms with Gasteiger partial charge in [0.2, 0.25) is 5.91 Å². The molecular weight excluding hydrogens is 266 g/mol. The topological polar surface area (TPSA) is 29.1 Å². The van der Waals surface area contributed by atoms with Crippen LogP contribution in [-0.4, -0.2) is 5.91 Å². The van der Waals surface area contributed by atoms with Crippen LogP contribution in [0, 0.1) is 18.8 Å². The van der Waals surface area contributed by atoms with Crippen LogP contribution in [-0.2, 0) is 4.79 Å². The first kappa shape index (κ1) is 11.6. The zero-order chi connectivity index (χ0) is 11.7. The second-order valence-electron chi connectivity index (χ2n) is 4.53. The molecular formula is C13H16BrNO. The van der Waals surface area contributed by atoms with Crippen molar-refractivity contribution in [3.8, 4) is 0 Å². The number of carbonyl (C=O) groups excluding carboxylic acids is 1. The van der Waals surface area contributed by atoms with Crippen molar-refractivity contribution in [2.75, 3.05) is 5.32 Å². The van der Waals surface area contributed by atoms with Gasteiger partial charge in [0.1, 0.15) is 0 Å². The van der Waals surface area contributed by atoms with E-state index >= 15 is 0 Å². The zero-order valence-corrected chi connectivity index (χ0v) is 11.2. The molecule has 1 N–H and O–H groups in total. The van der Waals surface area contributed by atoms with E-state index < -0.39 is 0 Å². The van der Waals surface area contributed by atoms with Crippen molar-refractivity contribution in [2.24, 2.45) is 11.8 Å². The molecule has 0 spiro atoms. The van der Waals surface area contributed by atoms with Crippen molar-refractivity contribution in [3.63, 3.8) is 0 Å². The number of amides is 1. The van der Waals surface area contributed by atoms with Gasteiger partial charge in [-0.25, -0.2) is 0 Å². The molecule has 0 heterocycles. The minimum Gasteiger partial charge on any atom is -0.326 e. The molecule has 2 rings (SSSR count). The molecule has 1 saturated carbocycles. The van der Waals surface area contributed by atoms with Gasteiger partial charge in [-0.15, -0.1) is 0 Å². The van der Waals surface area contributed by atoms with Gasteiger partial charge in [-0.2, -0.15) is 0 Å². The molecule has 16 heavy (non-hydrogen) atoms. The Morgan fingerprint density at radius 2 is 2.19 bits per heavy atom. The van der Waals surface area contributed by atoms with Gasteiger partial charge < -0.3 is 5.32 Å². The molecule has 0 saturated heterocycles. The lowest BCUT2D eigenvalue weighted by molar-refractivity contribution is -0.119. The van der Waals surface area contributed by atoms with Crippen LogP contribution in [0.2, 0.25) is 0 Å². The Labute approximate surface area is 105 Å². The highest BCUT2D eigenvalue weighted by molar-refractivity contribution is 9.10. The normalized spacial score (nSPS) is 16.9. The number of anilines is 1. The van der Waals surface area contributed by atoms with Crippen LogP contribution in [0.25, 0.3) is 0 Å². The van der Waals surface area contributed by atoms with Crippen LogP contribution in [0.1, 0.15) is 25.3 Å². The molecule has 1 aromatic rings. The molecule has 86 valence electrons. The Balaban J connectivity index is 2.08. The zero-order valence-electron chi connectivity index (χ0n) is 9.59. The fourth-order valence-electron chi connectivity index (χ4n) is 1.80. The summed E-state index contributed by atoms with van der Waals surface area (Å²) in [5.74, 6) is 0.884. The SMILES string of the molecule is Cc1c(Br)cccc1NC(=O)C(C)C1CC1. The first-order chi connectivity index (χ1) is 7.59. The summed E-state index contributed by atoms with van der Waals surface area (Å²) in [7, 11) is 0. The number of hydrogen-bond donors (Lipinski definition) is 1. The van der Waals surface area contributed by atoms with Crippen molar-refractivity contribution >= 4 is 27.5 Å². The van der Waals surface area contributed by atoms with Gasteiger partial charge in [0.25, 0.3) is 0 Å². The average Bonchev–Trinajstić information content (AvgIpc) is 3.07. The lowest BCUT2D eigenvalue weighted by atomic mass is 10.1. The van der Waals surface area contributed by atoms with Gasteiger partial charge >= 0.3 is 0 Å². The standard InChI is InChI=1S/C13H16BrNO/c1-8(10-6-7-10)13(16)15-12-5-3-4-11(14)9(12)2/h3-5,8,10H,6-7H2,1-2H3,(H,15,16). The number of benzene rings is 1. The van der Waals surface area contributed by atoms with Crippen molar-refractivity contribution in [3.05, 3.63) is 28.2 Å². The maximum Gasteiger partial charge on any atom is 0.227 e. The quantitative estimate of drug-likeness (QED) is 0.899. The molecule has 0 radical (unpaired) electrons. The van der Waals surface area contributed by atoms with Gasteiger partial charge in [0.05, 0.1) is 0 Å². The Morgan fingerprint density at radius 1 is 1.50 bits per heavy atom. The van der Waals surface area contributed by atoms with Crippen LogP contribution in [0.3, 0.4) is 0 Å². The summed E-state index contributed by atoms with van der Waals surface area (Å²) >= 11 is 3.46. The van der Waals surface area contributed by atoms with Gasteiger partial charge in [-0.1, -0.05) is 28.9 Å². The number of halogens is 1. The van der Waals surface area contributed by atoms with Gasteiger partial charge in [-0.3, -0.25) is 4.79 Å². The van der Waals surface area contributed by atoms with Crippen LogP contribution >= 0.6 is 15.9 Å². The van der Waals surface area contributed by atoms with E-state index in [1.54, 1.807) is 0 Å². The number of carbonyl (C=O) groups is 1. The maximum absolute atomic E-state index is 11.9. The fourth-order valence-corrected chi connectivity index (χ4v) is 2.17. The lowest BCUT2D eigenvalue weighted by Gasteiger charge is -2.13. The molecule has 1 aromatic carbocycles. The van der Waals surface area contributed by atoms with Crippen molar-refractivity contribution in [2.45, 2.75) is 26.7 Å². The van der Waals surface area contributed by atoms with Crippen molar-refractivity contribution in [1.29, 1.82) is 0 Å². The highest BCUT2D eigenvalue weighted by Crippen LogP contribution is 2.37. The summed E-state index contributed by atoms with van der Waals surface area (Å²) in [6.07, 6.45) is 2.40. The molecule has 1 unspecified atom stereocenters. The molecule has 1 aliphatic rings. The van der Waals surface area contributed by atoms with E-state index in [1.807, 2.05) is 32.0 Å². The van der Waals surface area contributed by atoms with E-state index in [4.69, 9.17) is 0 Å². The second-order valence-corrected chi connectivity index (χ2v) is 5.38. The van der Waals surface area contributed by atoms with Gasteiger partial charge in [0.15, 0.2) is 0 Å². The number of hydrogen-bond acceptors (Lipinski definition) is 1. The maximum atomic E-state index is 11.9. The van der Waals surface area contributed by atoms with E-state index in [0.29, 0.717) is 5.92 Å². The monoisotopic (exact) mass is 281 g/mol. The molecule has 0 aliphatic heterocycles. The van der Waals surface area contributed by atoms with E-state index in [1.165, 1.54) is 12.8 Å². The summed E-state index contributed by atoms with van der Waals surface area (Å²) in [6, 6.07) is 5.86. The highest BCUT2D eigenvalue weighted by Gasteiger charge is 2.32. The highest BCUT2D eigenvalue weighted by atomic mass is 79.9. The molecule has 1 aliphatic carbocycles. The summed E-state index contributed by atoms with van der Waals surface area (Å²) in [5, 5.41) is 3.00. The molecule has 1 amide bonds. The Hall–Kier alpha value is -0.830. The average molecular weight is 282 g/mol. The molecule has 1 fully saturated rings. The number of nitrogens with one attached hydrogen (secondary N) is 1. The third-order valence-electron chi connectivity index (χ3n) is 3.27. The first-order valence-electron chi connectivity index (χ1n) is 5.65. The Kier molecular flexibility index (Phi) is 3.33. The predicted molar refractivity (Wildman–Crippen MR) is 69.4 cm³/mol. The molecule has 3 heteroatoms. The fraction of sp³-hybridized carbons (Fsp3) is 0.462. The van der Waals surface area contributed by atoms with E-state index in [0.717, 1.165) is 15.7 Å². The molecule has 1 atom stereocenters. The first-order valence-corrected chi connectivity index (χ1v) is 6.45. The molecule has 0 aromatic heterocycles. The van der Waals surface area contributed by atoms with Crippen molar-refractivity contribution in [1.82, 2.24) is 0 Å². The van der Waals surface area contributed by atoms with Gasteiger partial charge in [-0.05, 0) is 43.4 Å². The minimum absolute atomic E-state index is 0.137. The summed E-state index contributed by atoms with van der Waals surface area (Å²) in [6.45, 7) is 4.02. The summed E-state index contributed by atoms with van der Waals surface area (Å²) in [4.78, 5) is 11.9. The largest absolute Gasteiger partial charge is 0.326 e. The third-order valence-corrected chi connectivity index (χ3v) is 4.13. The lowest BCUT2D eigenvalue weighted by Crippen LogP contribution is -2.22. The van der Waals surface area contributed by atoms with E-state index in [2.05, 4.69) is 21.2 Å². The summed E-state index contributed by atoms with van der Waals surface area (Å²) in [5.41, 5.74) is 1.99.